The average Bonchev–Trinajstić information content (AvgIpc) is 3.07. The summed E-state index contributed by atoms with van der Waals surface area (Å²) in [6.07, 6.45) is 1.16. The lowest BCUT2D eigenvalue weighted by atomic mass is 10.1. The third-order valence-corrected chi connectivity index (χ3v) is 6.34. The first kappa shape index (κ1) is 26.4. The highest BCUT2D eigenvalue weighted by Crippen LogP contribution is 2.20. The standard InChI is InChI=1S/C24H42N6.HI/c1-5-25-24(26-16-20(2)17-29-13-11-28(4)12-14-29)27-23-15-21(3)30(19-23)18-22-9-7-6-8-10-22;/h6-10,20-21,23H,5,11-19H2,1-4H3,(H2,25,26,27);1H. The van der Waals surface area contributed by atoms with Crippen LogP contribution in [0.5, 0.6) is 0 Å². The van der Waals surface area contributed by atoms with Gasteiger partial charge in [-0.05, 0) is 38.8 Å². The van der Waals surface area contributed by atoms with Gasteiger partial charge in [0.2, 0.25) is 0 Å². The number of benzene rings is 1. The average molecular weight is 543 g/mol. The Labute approximate surface area is 206 Å². The van der Waals surface area contributed by atoms with Gasteiger partial charge in [-0.25, -0.2) is 0 Å². The Kier molecular flexibility index (Phi) is 11.6. The van der Waals surface area contributed by atoms with Crippen LogP contribution in [0.1, 0.15) is 32.8 Å². The molecule has 1 aromatic carbocycles. The first-order chi connectivity index (χ1) is 14.5. The molecule has 1 aromatic rings. The van der Waals surface area contributed by atoms with Gasteiger partial charge in [0.05, 0.1) is 0 Å². The lowest BCUT2D eigenvalue weighted by Crippen LogP contribution is -2.46. The number of aliphatic imine (C=N–C) groups is 1. The molecule has 3 rings (SSSR count). The molecule has 2 fully saturated rings. The molecule has 3 unspecified atom stereocenters. The highest BCUT2D eigenvalue weighted by Gasteiger charge is 2.29. The van der Waals surface area contributed by atoms with Gasteiger partial charge in [0.1, 0.15) is 0 Å². The van der Waals surface area contributed by atoms with Gasteiger partial charge in [0.15, 0.2) is 5.96 Å². The second-order valence-electron chi connectivity index (χ2n) is 9.27. The van der Waals surface area contributed by atoms with Crippen molar-refractivity contribution >= 4 is 29.9 Å². The largest absolute Gasteiger partial charge is 0.357 e. The van der Waals surface area contributed by atoms with E-state index in [9.17, 15) is 0 Å². The molecule has 7 heteroatoms. The van der Waals surface area contributed by atoms with E-state index in [0.29, 0.717) is 18.0 Å². The molecule has 0 aromatic heterocycles. The molecule has 0 amide bonds. The zero-order valence-corrected chi connectivity index (χ0v) is 22.2. The Balaban J connectivity index is 0.00000341. The van der Waals surface area contributed by atoms with Crippen LogP contribution in [0, 0.1) is 5.92 Å². The van der Waals surface area contributed by atoms with Crippen molar-refractivity contribution in [2.24, 2.45) is 10.9 Å². The number of nitrogens with one attached hydrogen (secondary N) is 2. The number of likely N-dealkylation sites (tertiary alicyclic amines) is 1. The summed E-state index contributed by atoms with van der Waals surface area (Å²) in [5, 5.41) is 7.16. The normalized spacial score (nSPS) is 24.6. The highest BCUT2D eigenvalue weighted by atomic mass is 127. The van der Waals surface area contributed by atoms with Gasteiger partial charge in [-0.15, -0.1) is 24.0 Å². The second kappa shape index (κ2) is 13.6. The molecule has 3 atom stereocenters. The predicted molar refractivity (Wildman–Crippen MR) is 142 cm³/mol. The summed E-state index contributed by atoms with van der Waals surface area (Å²) in [7, 11) is 2.21. The van der Waals surface area contributed by atoms with Crippen molar-refractivity contribution in [3.8, 4) is 0 Å². The maximum atomic E-state index is 4.93. The Hall–Kier alpha value is -0.900. The fraction of sp³-hybridized carbons (Fsp3) is 0.708. The second-order valence-corrected chi connectivity index (χ2v) is 9.27. The number of hydrogen-bond acceptors (Lipinski definition) is 4. The van der Waals surface area contributed by atoms with Crippen LogP contribution in [0.3, 0.4) is 0 Å². The SMILES string of the molecule is CCNC(=NCC(C)CN1CCN(C)CC1)NC1CC(C)N(Cc2ccccc2)C1.I. The molecular weight excluding hydrogens is 499 g/mol. The summed E-state index contributed by atoms with van der Waals surface area (Å²) < 4.78 is 0. The van der Waals surface area contributed by atoms with Crippen LogP contribution in [0.25, 0.3) is 0 Å². The van der Waals surface area contributed by atoms with Crippen molar-refractivity contribution in [3.63, 3.8) is 0 Å². The van der Waals surface area contributed by atoms with E-state index in [1.165, 1.54) is 31.7 Å². The number of rotatable bonds is 8. The fourth-order valence-electron chi connectivity index (χ4n) is 4.53. The molecule has 2 saturated heterocycles. The van der Waals surface area contributed by atoms with Crippen LogP contribution in [0.15, 0.2) is 35.3 Å². The minimum absolute atomic E-state index is 0. The molecule has 0 bridgehead atoms. The maximum absolute atomic E-state index is 4.93. The Morgan fingerprint density at radius 3 is 2.55 bits per heavy atom. The van der Waals surface area contributed by atoms with E-state index < -0.39 is 0 Å². The first-order valence-electron chi connectivity index (χ1n) is 11.8. The molecule has 31 heavy (non-hydrogen) atoms. The van der Waals surface area contributed by atoms with Crippen LogP contribution in [0.2, 0.25) is 0 Å². The van der Waals surface area contributed by atoms with E-state index >= 15 is 0 Å². The van der Waals surface area contributed by atoms with Crippen molar-refractivity contribution < 1.29 is 0 Å². The molecular formula is C24H43IN6. The van der Waals surface area contributed by atoms with Crippen LogP contribution in [0.4, 0.5) is 0 Å². The zero-order valence-electron chi connectivity index (χ0n) is 19.9. The summed E-state index contributed by atoms with van der Waals surface area (Å²) in [4.78, 5) is 12.5. The van der Waals surface area contributed by atoms with Crippen molar-refractivity contribution in [3.05, 3.63) is 35.9 Å². The minimum Gasteiger partial charge on any atom is -0.357 e. The van der Waals surface area contributed by atoms with Crippen LogP contribution in [-0.2, 0) is 6.54 Å². The van der Waals surface area contributed by atoms with Crippen molar-refractivity contribution in [1.82, 2.24) is 25.3 Å². The number of halogens is 1. The predicted octanol–water partition coefficient (Wildman–Crippen LogP) is 2.71. The summed E-state index contributed by atoms with van der Waals surface area (Å²) in [5.41, 5.74) is 1.39. The van der Waals surface area contributed by atoms with Gasteiger partial charge in [-0.1, -0.05) is 37.3 Å². The quantitative estimate of drug-likeness (QED) is 0.301. The molecule has 0 spiro atoms. The van der Waals surface area contributed by atoms with E-state index in [2.05, 4.69) is 83.5 Å². The lowest BCUT2D eigenvalue weighted by Gasteiger charge is -2.33. The van der Waals surface area contributed by atoms with E-state index in [1.807, 2.05) is 0 Å². The minimum atomic E-state index is 0. The molecule has 2 aliphatic heterocycles. The number of nitrogens with zero attached hydrogens (tertiary/aromatic N) is 4. The van der Waals surface area contributed by atoms with E-state index in [-0.39, 0.29) is 24.0 Å². The monoisotopic (exact) mass is 542 g/mol. The molecule has 2 N–H and O–H groups in total. The van der Waals surface area contributed by atoms with Gasteiger partial charge in [-0.3, -0.25) is 9.89 Å². The Morgan fingerprint density at radius 1 is 1.16 bits per heavy atom. The Bertz CT molecular complexity index is 647. The molecule has 0 saturated carbocycles. The van der Waals surface area contributed by atoms with Gasteiger partial charge in [-0.2, -0.15) is 0 Å². The highest BCUT2D eigenvalue weighted by molar-refractivity contribution is 14.0. The van der Waals surface area contributed by atoms with E-state index in [0.717, 1.165) is 45.1 Å². The van der Waals surface area contributed by atoms with Gasteiger partial charge in [0, 0.05) is 71.0 Å². The topological polar surface area (TPSA) is 46.1 Å². The van der Waals surface area contributed by atoms with Crippen LogP contribution < -0.4 is 10.6 Å². The molecule has 176 valence electrons. The summed E-state index contributed by atoms with van der Waals surface area (Å²) >= 11 is 0. The molecule has 0 radical (unpaired) electrons. The van der Waals surface area contributed by atoms with Crippen LogP contribution >= 0.6 is 24.0 Å². The van der Waals surface area contributed by atoms with E-state index in [4.69, 9.17) is 4.99 Å². The third kappa shape index (κ3) is 8.86. The maximum Gasteiger partial charge on any atom is 0.191 e. The van der Waals surface area contributed by atoms with Crippen molar-refractivity contribution in [2.75, 3.05) is 59.4 Å². The molecule has 2 heterocycles. The number of piperazine rings is 1. The molecule has 2 aliphatic rings. The zero-order chi connectivity index (χ0) is 21.3. The Morgan fingerprint density at radius 2 is 1.87 bits per heavy atom. The van der Waals surface area contributed by atoms with Crippen molar-refractivity contribution in [1.29, 1.82) is 0 Å². The fourth-order valence-corrected chi connectivity index (χ4v) is 4.53. The third-order valence-electron chi connectivity index (χ3n) is 6.34. The van der Waals surface area contributed by atoms with Gasteiger partial charge >= 0.3 is 0 Å². The number of hydrogen-bond donors (Lipinski definition) is 2. The van der Waals surface area contributed by atoms with E-state index in [1.54, 1.807) is 0 Å². The van der Waals surface area contributed by atoms with Gasteiger partial charge in [0.25, 0.3) is 0 Å². The first-order valence-corrected chi connectivity index (χ1v) is 11.8. The number of likely N-dealkylation sites (N-methyl/N-ethyl adjacent to an activating group) is 1. The summed E-state index contributed by atoms with van der Waals surface area (Å²) in [6, 6.07) is 11.8. The van der Waals surface area contributed by atoms with Gasteiger partial charge < -0.3 is 20.4 Å². The molecule has 6 nitrogen and oxygen atoms in total. The number of guanidine groups is 1. The lowest BCUT2D eigenvalue weighted by molar-refractivity contribution is 0.140. The smallest absolute Gasteiger partial charge is 0.191 e. The van der Waals surface area contributed by atoms with Crippen LogP contribution in [-0.4, -0.2) is 92.1 Å². The summed E-state index contributed by atoms with van der Waals surface area (Å²) in [6.45, 7) is 16.5. The molecule has 0 aliphatic carbocycles. The summed E-state index contributed by atoms with van der Waals surface area (Å²) in [5.74, 6) is 1.54. The van der Waals surface area contributed by atoms with Crippen molar-refractivity contribution in [2.45, 2.75) is 45.8 Å².